The number of amides is 1. The molecule has 1 atom stereocenters. The molecule has 0 unspecified atom stereocenters. The van der Waals surface area contributed by atoms with E-state index in [1.165, 1.54) is 5.56 Å². The maximum atomic E-state index is 12.0. The second kappa shape index (κ2) is 7.70. The van der Waals surface area contributed by atoms with Gasteiger partial charge in [-0.2, -0.15) is 0 Å². The number of carbonyl (C=O) groups excluding carboxylic acids is 2. The van der Waals surface area contributed by atoms with Crippen LogP contribution >= 0.6 is 0 Å². The lowest BCUT2D eigenvalue weighted by Crippen LogP contribution is -2.48. The predicted octanol–water partition coefficient (Wildman–Crippen LogP) is 2.70. The number of carbonyl (C=O) groups is 2. The number of rotatable bonds is 6. The fourth-order valence-electron chi connectivity index (χ4n) is 3.46. The van der Waals surface area contributed by atoms with Crippen molar-refractivity contribution in [2.45, 2.75) is 39.4 Å². The van der Waals surface area contributed by atoms with E-state index in [0.717, 1.165) is 16.9 Å². The average molecular weight is 352 g/mol. The van der Waals surface area contributed by atoms with Crippen molar-refractivity contribution >= 4 is 11.7 Å². The molecule has 136 valence electrons. The second-order valence-corrected chi connectivity index (χ2v) is 6.61. The van der Waals surface area contributed by atoms with Gasteiger partial charge in [-0.25, -0.2) is 0 Å². The highest BCUT2D eigenvalue weighted by molar-refractivity contribution is 5.94. The average Bonchev–Trinajstić information content (AvgIpc) is 2.62. The summed E-state index contributed by atoms with van der Waals surface area (Å²) < 4.78 is 5.72. The van der Waals surface area contributed by atoms with Gasteiger partial charge in [-0.15, -0.1) is 0 Å². The molecule has 0 saturated heterocycles. The molecule has 0 saturated carbocycles. The van der Waals surface area contributed by atoms with Crippen LogP contribution in [0.5, 0.6) is 5.75 Å². The molecule has 3 rings (SSSR count). The number of nitrogens with zero attached hydrogens (tertiary/aromatic N) is 1. The summed E-state index contributed by atoms with van der Waals surface area (Å²) >= 11 is 0. The summed E-state index contributed by atoms with van der Waals surface area (Å²) in [6.07, 6.45) is 0.599. The summed E-state index contributed by atoms with van der Waals surface area (Å²) in [5, 5.41) is 0. The molecule has 0 spiro atoms. The normalized spacial score (nSPS) is 16.8. The third-order valence-corrected chi connectivity index (χ3v) is 4.81. The van der Waals surface area contributed by atoms with Crippen molar-refractivity contribution in [1.29, 1.82) is 0 Å². The first-order valence-electron chi connectivity index (χ1n) is 8.86. The molecule has 0 radical (unpaired) electrons. The van der Waals surface area contributed by atoms with Gasteiger partial charge >= 0.3 is 0 Å². The maximum Gasteiger partial charge on any atom is 0.235 e. The van der Waals surface area contributed by atoms with Crippen LogP contribution < -0.4 is 10.5 Å². The number of hydrogen-bond acceptors (Lipinski definition) is 4. The zero-order valence-electron chi connectivity index (χ0n) is 15.2. The first-order valence-corrected chi connectivity index (χ1v) is 8.86. The predicted molar refractivity (Wildman–Crippen MR) is 100.0 cm³/mol. The lowest BCUT2D eigenvalue weighted by Gasteiger charge is -2.35. The Hall–Kier alpha value is -2.66. The molecule has 0 aliphatic carbocycles. The molecular formula is C21H24N2O3. The van der Waals surface area contributed by atoms with Crippen LogP contribution in [-0.2, 0) is 24.3 Å². The van der Waals surface area contributed by atoms with E-state index in [2.05, 4.69) is 11.0 Å². The van der Waals surface area contributed by atoms with Gasteiger partial charge in [0.15, 0.2) is 5.78 Å². The fourth-order valence-corrected chi connectivity index (χ4v) is 3.46. The zero-order chi connectivity index (χ0) is 18.7. The van der Waals surface area contributed by atoms with E-state index in [0.29, 0.717) is 31.7 Å². The number of nitrogens with two attached hydrogens (primary N) is 1. The standard InChI is InChI=1S/C21H24N2O3/c1-3-26-20-9-8-15(14(2)24)10-18(20)13-23-12-17-7-5-4-6-16(17)11-19(23)21(22)25/h4-10,19H,3,11-13H2,1-2H3,(H2,22,25)/t19-/m0/s1. The quantitative estimate of drug-likeness (QED) is 0.812. The van der Waals surface area contributed by atoms with Crippen LogP contribution in [0, 0.1) is 0 Å². The molecule has 2 N–H and O–H groups in total. The van der Waals surface area contributed by atoms with Crippen LogP contribution in [0.4, 0.5) is 0 Å². The first kappa shape index (κ1) is 18.1. The Morgan fingerprint density at radius 2 is 1.92 bits per heavy atom. The molecule has 1 amide bonds. The van der Waals surface area contributed by atoms with Gasteiger partial charge in [0, 0.05) is 24.2 Å². The van der Waals surface area contributed by atoms with E-state index in [9.17, 15) is 9.59 Å². The van der Waals surface area contributed by atoms with Crippen molar-refractivity contribution in [3.8, 4) is 5.75 Å². The molecule has 1 aliphatic heterocycles. The molecule has 2 aromatic carbocycles. The fraction of sp³-hybridized carbons (Fsp3) is 0.333. The first-order chi connectivity index (χ1) is 12.5. The van der Waals surface area contributed by atoms with Gasteiger partial charge in [-0.05, 0) is 49.6 Å². The largest absolute Gasteiger partial charge is 0.494 e. The SMILES string of the molecule is CCOc1ccc(C(C)=O)cc1CN1Cc2ccccc2C[C@H]1C(N)=O. The lowest BCUT2D eigenvalue weighted by molar-refractivity contribution is -0.124. The van der Waals surface area contributed by atoms with Crippen molar-refractivity contribution in [3.63, 3.8) is 0 Å². The molecule has 5 heteroatoms. The van der Waals surface area contributed by atoms with Gasteiger partial charge in [-0.3, -0.25) is 14.5 Å². The van der Waals surface area contributed by atoms with Crippen LogP contribution in [0.15, 0.2) is 42.5 Å². The maximum absolute atomic E-state index is 12.0. The third kappa shape index (κ3) is 3.78. The van der Waals surface area contributed by atoms with Gasteiger partial charge in [-0.1, -0.05) is 24.3 Å². The number of fused-ring (bicyclic) bond motifs is 1. The van der Waals surface area contributed by atoms with E-state index < -0.39 is 0 Å². The minimum absolute atomic E-state index is 0.00439. The highest BCUT2D eigenvalue weighted by atomic mass is 16.5. The second-order valence-electron chi connectivity index (χ2n) is 6.61. The highest BCUT2D eigenvalue weighted by Gasteiger charge is 2.30. The Morgan fingerprint density at radius 1 is 1.19 bits per heavy atom. The number of ketones is 1. The molecule has 1 heterocycles. The Bertz CT molecular complexity index is 832. The monoisotopic (exact) mass is 352 g/mol. The van der Waals surface area contributed by atoms with Crippen LogP contribution in [0.3, 0.4) is 0 Å². The van der Waals surface area contributed by atoms with E-state index in [1.807, 2.05) is 37.3 Å². The van der Waals surface area contributed by atoms with E-state index in [1.54, 1.807) is 13.0 Å². The zero-order valence-corrected chi connectivity index (χ0v) is 15.2. The summed E-state index contributed by atoms with van der Waals surface area (Å²) in [4.78, 5) is 25.9. The molecule has 5 nitrogen and oxygen atoms in total. The Morgan fingerprint density at radius 3 is 2.58 bits per heavy atom. The molecule has 0 fully saturated rings. The summed E-state index contributed by atoms with van der Waals surface area (Å²) in [6, 6.07) is 13.2. The van der Waals surface area contributed by atoms with Crippen LogP contribution in [-0.4, -0.2) is 29.2 Å². The van der Waals surface area contributed by atoms with Gasteiger partial charge in [0.25, 0.3) is 0 Å². The Kier molecular flexibility index (Phi) is 5.38. The van der Waals surface area contributed by atoms with Crippen LogP contribution in [0.2, 0.25) is 0 Å². The number of primary amides is 1. The van der Waals surface area contributed by atoms with Crippen molar-refractivity contribution in [3.05, 3.63) is 64.7 Å². The number of ether oxygens (including phenoxy) is 1. The van der Waals surface area contributed by atoms with Crippen LogP contribution in [0.1, 0.15) is 40.9 Å². The molecule has 1 aliphatic rings. The van der Waals surface area contributed by atoms with Gasteiger partial charge < -0.3 is 10.5 Å². The minimum Gasteiger partial charge on any atom is -0.494 e. The molecule has 26 heavy (non-hydrogen) atoms. The minimum atomic E-state index is -0.375. The van der Waals surface area contributed by atoms with Crippen LogP contribution in [0.25, 0.3) is 0 Å². The smallest absolute Gasteiger partial charge is 0.235 e. The van der Waals surface area contributed by atoms with Crippen molar-refractivity contribution < 1.29 is 14.3 Å². The van der Waals surface area contributed by atoms with E-state index >= 15 is 0 Å². The number of benzene rings is 2. The number of Topliss-reactive ketones (excluding diaryl/α,β-unsaturated/α-hetero) is 1. The summed E-state index contributed by atoms with van der Waals surface area (Å²) in [6.45, 7) is 5.14. The van der Waals surface area contributed by atoms with Crippen molar-refractivity contribution in [2.24, 2.45) is 5.73 Å². The summed E-state index contributed by atoms with van der Waals surface area (Å²) in [5.41, 5.74) is 9.57. The van der Waals surface area contributed by atoms with E-state index in [4.69, 9.17) is 10.5 Å². The molecular weight excluding hydrogens is 328 g/mol. The molecule has 0 aromatic heterocycles. The van der Waals surface area contributed by atoms with Crippen molar-refractivity contribution in [1.82, 2.24) is 4.90 Å². The third-order valence-electron chi connectivity index (χ3n) is 4.81. The summed E-state index contributed by atoms with van der Waals surface area (Å²) in [7, 11) is 0. The molecule has 0 bridgehead atoms. The topological polar surface area (TPSA) is 72.6 Å². The van der Waals surface area contributed by atoms with Gasteiger partial charge in [0.1, 0.15) is 5.75 Å². The van der Waals surface area contributed by atoms with E-state index in [-0.39, 0.29) is 17.7 Å². The van der Waals surface area contributed by atoms with Crippen molar-refractivity contribution in [2.75, 3.05) is 6.61 Å². The summed E-state index contributed by atoms with van der Waals surface area (Å²) in [5.74, 6) is 0.407. The Labute approximate surface area is 153 Å². The van der Waals surface area contributed by atoms with Gasteiger partial charge in [0.05, 0.1) is 12.6 Å². The molecule has 2 aromatic rings. The Balaban J connectivity index is 1.94. The number of hydrogen-bond donors (Lipinski definition) is 1. The van der Waals surface area contributed by atoms with Gasteiger partial charge in [0.2, 0.25) is 5.91 Å². The highest BCUT2D eigenvalue weighted by Crippen LogP contribution is 2.28. The lowest BCUT2D eigenvalue weighted by atomic mass is 9.93.